The lowest BCUT2D eigenvalue weighted by molar-refractivity contribution is 0.671. The van der Waals surface area contributed by atoms with Gasteiger partial charge in [-0.05, 0) is 44.1 Å². The van der Waals surface area contributed by atoms with Gasteiger partial charge in [0.1, 0.15) is 11.2 Å². The molecule has 0 aliphatic carbocycles. The van der Waals surface area contributed by atoms with Crippen molar-refractivity contribution in [3.63, 3.8) is 0 Å². The van der Waals surface area contributed by atoms with E-state index in [4.69, 9.17) is 4.42 Å². The maximum Gasteiger partial charge on any atom is 0.233 e. The highest BCUT2D eigenvalue weighted by atomic mass is 28.3. The van der Waals surface area contributed by atoms with Gasteiger partial charge in [-0.2, -0.15) is 0 Å². The van der Waals surface area contributed by atoms with Crippen LogP contribution < -0.4 is 15.6 Å². The van der Waals surface area contributed by atoms with Crippen molar-refractivity contribution in [3.8, 4) is 11.5 Å². The molecule has 0 amide bonds. The monoisotopic (exact) mass is 550 g/mol. The molecule has 0 aliphatic rings. The fourth-order valence-corrected chi connectivity index (χ4v) is 10.4. The molecule has 1 nitrogen and oxygen atoms in total. The van der Waals surface area contributed by atoms with Crippen molar-refractivity contribution < 1.29 is 4.42 Å². The van der Waals surface area contributed by atoms with Crippen molar-refractivity contribution in [2.24, 2.45) is 0 Å². The second-order valence-corrected chi connectivity index (χ2v) is 14.1. The SMILES string of the molecule is C(#C[Si](c1ccccc1)(c1ccccc1)c1cccc2c1oc1ccccc12)c1c2ccccc2cc2ccccc12. The zero-order valence-electron chi connectivity index (χ0n) is 22.9. The van der Waals surface area contributed by atoms with Crippen LogP contribution in [0.2, 0.25) is 0 Å². The van der Waals surface area contributed by atoms with E-state index in [0.29, 0.717) is 0 Å². The third-order valence-corrected chi connectivity index (χ3v) is 12.5. The van der Waals surface area contributed by atoms with Gasteiger partial charge in [0, 0.05) is 21.5 Å². The maximum atomic E-state index is 6.69. The van der Waals surface area contributed by atoms with Gasteiger partial charge in [0.15, 0.2) is 0 Å². The number of para-hydroxylation sites is 2. The Morgan fingerprint density at radius 2 is 0.976 bits per heavy atom. The Bertz CT molecular complexity index is 2210. The maximum absolute atomic E-state index is 6.69. The van der Waals surface area contributed by atoms with Gasteiger partial charge >= 0.3 is 0 Å². The summed E-state index contributed by atoms with van der Waals surface area (Å²) in [4.78, 5) is 0. The van der Waals surface area contributed by atoms with E-state index in [9.17, 15) is 0 Å². The first kappa shape index (κ1) is 24.4. The first-order valence-corrected chi connectivity index (χ1v) is 16.3. The van der Waals surface area contributed by atoms with Gasteiger partial charge in [-0.1, -0.05) is 152 Å². The van der Waals surface area contributed by atoms with Crippen molar-refractivity contribution in [2.45, 2.75) is 0 Å². The minimum Gasteiger partial charge on any atom is -0.456 e. The Balaban J connectivity index is 1.53. The molecule has 0 saturated carbocycles. The summed E-state index contributed by atoms with van der Waals surface area (Å²) in [5, 5.41) is 10.7. The van der Waals surface area contributed by atoms with E-state index < -0.39 is 8.07 Å². The van der Waals surface area contributed by atoms with Crippen LogP contribution in [0, 0.1) is 11.5 Å². The smallest absolute Gasteiger partial charge is 0.233 e. The molecule has 1 aromatic heterocycles. The van der Waals surface area contributed by atoms with E-state index in [1.54, 1.807) is 0 Å². The summed E-state index contributed by atoms with van der Waals surface area (Å²) in [5.41, 5.74) is 6.95. The molecular formula is C40H26OSi. The number of benzene rings is 7. The lowest BCUT2D eigenvalue weighted by Gasteiger charge is -2.28. The number of rotatable bonds is 3. The average Bonchev–Trinajstić information content (AvgIpc) is 3.45. The summed E-state index contributed by atoms with van der Waals surface area (Å²) in [6, 6.07) is 56.0. The molecule has 2 heteroatoms. The van der Waals surface area contributed by atoms with Gasteiger partial charge in [-0.3, -0.25) is 0 Å². The van der Waals surface area contributed by atoms with Crippen molar-refractivity contribution in [2.75, 3.05) is 0 Å². The molecule has 0 N–H and O–H groups in total. The third kappa shape index (κ3) is 3.79. The van der Waals surface area contributed by atoms with Gasteiger partial charge in [0.25, 0.3) is 0 Å². The Morgan fingerprint density at radius 1 is 0.452 bits per heavy atom. The molecule has 196 valence electrons. The number of hydrogen-bond donors (Lipinski definition) is 0. The summed E-state index contributed by atoms with van der Waals surface area (Å²) in [6.07, 6.45) is 0. The van der Waals surface area contributed by atoms with Crippen molar-refractivity contribution in [1.29, 1.82) is 0 Å². The zero-order valence-corrected chi connectivity index (χ0v) is 23.9. The van der Waals surface area contributed by atoms with Gasteiger partial charge < -0.3 is 4.42 Å². The lowest BCUT2D eigenvalue weighted by atomic mass is 9.97. The largest absolute Gasteiger partial charge is 0.456 e. The van der Waals surface area contributed by atoms with Crippen molar-refractivity contribution in [1.82, 2.24) is 0 Å². The summed E-state index contributed by atoms with van der Waals surface area (Å²) < 4.78 is 6.69. The third-order valence-electron chi connectivity index (χ3n) is 8.37. The quantitative estimate of drug-likeness (QED) is 0.0942. The molecule has 0 saturated heterocycles. The number of fused-ring (bicyclic) bond motifs is 5. The molecule has 0 radical (unpaired) electrons. The molecule has 8 rings (SSSR count). The van der Waals surface area contributed by atoms with Crippen LogP contribution in [0.4, 0.5) is 0 Å². The van der Waals surface area contributed by atoms with Crippen LogP contribution in [0.15, 0.2) is 162 Å². The second kappa shape index (κ2) is 9.92. The Hall–Kier alpha value is -5.36. The minimum absolute atomic E-state index is 0.900. The highest BCUT2D eigenvalue weighted by Gasteiger charge is 2.41. The van der Waals surface area contributed by atoms with E-state index in [0.717, 1.165) is 27.5 Å². The molecule has 0 aliphatic heterocycles. The van der Waals surface area contributed by atoms with Crippen LogP contribution in [0.25, 0.3) is 43.5 Å². The predicted octanol–water partition coefficient (Wildman–Crippen LogP) is 7.95. The highest BCUT2D eigenvalue weighted by Crippen LogP contribution is 2.30. The van der Waals surface area contributed by atoms with E-state index >= 15 is 0 Å². The molecule has 0 bridgehead atoms. The summed E-state index contributed by atoms with van der Waals surface area (Å²) in [6.45, 7) is 0. The molecule has 8 aromatic rings. The van der Waals surface area contributed by atoms with Gasteiger partial charge in [-0.25, -0.2) is 0 Å². The van der Waals surface area contributed by atoms with Crippen LogP contribution in [-0.2, 0) is 0 Å². The van der Waals surface area contributed by atoms with Crippen LogP contribution >= 0.6 is 0 Å². The summed E-state index contributed by atoms with van der Waals surface area (Å²) in [5.74, 6) is 3.84. The molecule has 0 spiro atoms. The van der Waals surface area contributed by atoms with Crippen LogP contribution in [0.5, 0.6) is 0 Å². The second-order valence-electron chi connectivity index (χ2n) is 10.7. The highest BCUT2D eigenvalue weighted by molar-refractivity contribution is 7.17. The number of furan rings is 1. The fourth-order valence-electron chi connectivity index (χ4n) is 6.41. The fraction of sp³-hybridized carbons (Fsp3) is 0. The zero-order chi connectivity index (χ0) is 27.9. The van der Waals surface area contributed by atoms with Crippen LogP contribution in [-0.4, -0.2) is 8.07 Å². The molecule has 7 aromatic carbocycles. The van der Waals surface area contributed by atoms with Crippen LogP contribution in [0.3, 0.4) is 0 Å². The Morgan fingerprint density at radius 3 is 1.62 bits per heavy atom. The molecule has 1 heterocycles. The van der Waals surface area contributed by atoms with Crippen LogP contribution in [0.1, 0.15) is 5.56 Å². The molecule has 0 fully saturated rings. The molecule has 42 heavy (non-hydrogen) atoms. The standard InChI is InChI=1S/C40H26OSi/c1-3-16-31(17-4-1)42(32-18-5-2-6-19-32,39-25-13-23-37-36-22-11-12-24-38(36)41-40(37)39)27-26-35-33-20-9-7-14-29(33)28-30-15-8-10-21-34(30)35/h1-25,28H. The first-order valence-electron chi connectivity index (χ1n) is 14.3. The van der Waals surface area contributed by atoms with E-state index in [-0.39, 0.29) is 0 Å². The first-order chi connectivity index (χ1) is 20.8. The van der Waals surface area contributed by atoms with E-state index in [2.05, 4.69) is 163 Å². The Kier molecular flexibility index (Phi) is 5.77. The number of hydrogen-bond acceptors (Lipinski definition) is 1. The lowest BCUT2D eigenvalue weighted by Crippen LogP contribution is -2.66. The predicted molar refractivity (Wildman–Crippen MR) is 180 cm³/mol. The van der Waals surface area contributed by atoms with E-state index in [1.165, 1.54) is 37.1 Å². The minimum atomic E-state index is -2.96. The van der Waals surface area contributed by atoms with Gasteiger partial charge in [0.05, 0.1) is 0 Å². The molecule has 0 unspecified atom stereocenters. The Labute approximate surface area is 245 Å². The van der Waals surface area contributed by atoms with Crippen molar-refractivity contribution >= 4 is 67.1 Å². The normalized spacial score (nSPS) is 11.6. The van der Waals surface area contributed by atoms with Gasteiger partial charge in [-0.15, -0.1) is 5.54 Å². The van der Waals surface area contributed by atoms with Gasteiger partial charge in [0.2, 0.25) is 8.07 Å². The van der Waals surface area contributed by atoms with E-state index in [1.807, 2.05) is 6.07 Å². The molecular weight excluding hydrogens is 525 g/mol. The van der Waals surface area contributed by atoms with Crippen molar-refractivity contribution in [3.05, 3.63) is 163 Å². The topological polar surface area (TPSA) is 13.1 Å². The average molecular weight is 551 g/mol. The summed E-state index contributed by atoms with van der Waals surface area (Å²) in [7, 11) is -2.96. The summed E-state index contributed by atoms with van der Waals surface area (Å²) >= 11 is 0. The molecule has 0 atom stereocenters.